The van der Waals surface area contributed by atoms with E-state index in [-0.39, 0.29) is 17.8 Å². The molecule has 0 aliphatic carbocycles. The van der Waals surface area contributed by atoms with E-state index >= 15 is 0 Å². The lowest BCUT2D eigenvalue weighted by Crippen LogP contribution is -2.45. The number of anilines is 2. The molecule has 0 aliphatic heterocycles. The van der Waals surface area contributed by atoms with Crippen LogP contribution in [0.2, 0.25) is 0 Å². The second kappa shape index (κ2) is 10.6. The fourth-order valence-corrected chi connectivity index (χ4v) is 3.35. The Morgan fingerprint density at radius 2 is 1.74 bits per heavy atom. The summed E-state index contributed by atoms with van der Waals surface area (Å²) in [5.74, 6) is -0.233. The lowest BCUT2D eigenvalue weighted by Gasteiger charge is -2.26. The Bertz CT molecular complexity index is 1220. The van der Waals surface area contributed by atoms with Crippen LogP contribution in [0.5, 0.6) is 5.75 Å². The van der Waals surface area contributed by atoms with Crippen molar-refractivity contribution in [1.82, 2.24) is 9.88 Å². The molecular formula is C24H26N4O6. The predicted molar refractivity (Wildman–Crippen MR) is 127 cm³/mol. The van der Waals surface area contributed by atoms with E-state index in [1.807, 2.05) is 6.07 Å². The summed E-state index contributed by atoms with van der Waals surface area (Å²) in [5.41, 5.74) is 0.564. The van der Waals surface area contributed by atoms with E-state index in [1.54, 1.807) is 68.8 Å². The molecule has 3 rings (SSSR count). The number of carbonyl (C=O) groups is 2. The van der Waals surface area contributed by atoms with Gasteiger partial charge in [0.1, 0.15) is 23.2 Å². The van der Waals surface area contributed by atoms with Crippen molar-refractivity contribution in [1.29, 1.82) is 0 Å². The summed E-state index contributed by atoms with van der Waals surface area (Å²) in [6, 6.07) is 9.35. The van der Waals surface area contributed by atoms with E-state index in [9.17, 15) is 19.2 Å². The number of carbonyl (C=O) groups excluding carboxylic acids is 2. The van der Waals surface area contributed by atoms with Crippen LogP contribution in [0.25, 0.3) is 0 Å². The molecule has 1 heterocycles. The number of nitrogens with one attached hydrogen (secondary N) is 1. The van der Waals surface area contributed by atoms with Gasteiger partial charge in [-0.15, -0.1) is 0 Å². The van der Waals surface area contributed by atoms with Crippen LogP contribution in [-0.2, 0) is 22.5 Å². The predicted octanol–water partition coefficient (Wildman–Crippen LogP) is 1.57. The Kier molecular flexibility index (Phi) is 7.62. The molecule has 0 spiro atoms. The minimum absolute atomic E-state index is 0.0725. The molecule has 3 aromatic rings. The summed E-state index contributed by atoms with van der Waals surface area (Å²) < 4.78 is 10.1. The maximum absolute atomic E-state index is 12.4. The van der Waals surface area contributed by atoms with Gasteiger partial charge in [-0.1, -0.05) is 18.2 Å². The minimum atomic E-state index is -0.908. The molecule has 1 amide bonds. The molecule has 0 aliphatic rings. The van der Waals surface area contributed by atoms with Gasteiger partial charge in [-0.05, 0) is 29.3 Å². The SMILES string of the molecule is COC(=O)[C@H](Cc1ccc(OC(=O)N(C)C)cc1)Nc1c(N(C)Cc2cccnc2)c(=O)c1=O. The largest absolute Gasteiger partial charge is 0.467 e. The van der Waals surface area contributed by atoms with Gasteiger partial charge in [0.2, 0.25) is 0 Å². The maximum Gasteiger partial charge on any atom is 0.414 e. The van der Waals surface area contributed by atoms with Gasteiger partial charge in [-0.25, -0.2) is 9.59 Å². The number of nitrogens with zero attached hydrogens (tertiary/aromatic N) is 3. The molecule has 1 aromatic heterocycles. The van der Waals surface area contributed by atoms with Crippen LogP contribution in [0.3, 0.4) is 0 Å². The first-order valence-electron chi connectivity index (χ1n) is 10.5. The molecule has 178 valence electrons. The number of rotatable bonds is 9. The number of pyridine rings is 1. The molecular weight excluding hydrogens is 440 g/mol. The summed E-state index contributed by atoms with van der Waals surface area (Å²) in [5, 5.41) is 2.90. The molecule has 1 N–H and O–H groups in total. The number of benzene rings is 1. The smallest absolute Gasteiger partial charge is 0.414 e. The van der Waals surface area contributed by atoms with Gasteiger partial charge in [0.15, 0.2) is 0 Å². The zero-order chi connectivity index (χ0) is 24.8. The fourth-order valence-electron chi connectivity index (χ4n) is 3.35. The Labute approximate surface area is 196 Å². The first-order valence-corrected chi connectivity index (χ1v) is 10.5. The monoisotopic (exact) mass is 466 g/mol. The van der Waals surface area contributed by atoms with Crippen molar-refractivity contribution in [3.8, 4) is 5.75 Å². The maximum atomic E-state index is 12.4. The van der Waals surface area contributed by atoms with Crippen molar-refractivity contribution in [3.05, 3.63) is 80.4 Å². The molecule has 2 aromatic carbocycles. The third kappa shape index (κ3) is 5.58. The number of methoxy groups -OCH3 is 1. The van der Waals surface area contributed by atoms with Gasteiger partial charge in [0.25, 0.3) is 10.9 Å². The molecule has 34 heavy (non-hydrogen) atoms. The summed E-state index contributed by atoms with van der Waals surface area (Å²) in [6.45, 7) is 0.364. The Balaban J connectivity index is 1.76. The Morgan fingerprint density at radius 1 is 1.03 bits per heavy atom. The van der Waals surface area contributed by atoms with Crippen molar-refractivity contribution in [2.75, 3.05) is 38.5 Å². The third-order valence-corrected chi connectivity index (χ3v) is 5.15. The number of hydrogen-bond acceptors (Lipinski definition) is 9. The van der Waals surface area contributed by atoms with Crippen molar-refractivity contribution < 1.29 is 19.1 Å². The third-order valence-electron chi connectivity index (χ3n) is 5.15. The lowest BCUT2D eigenvalue weighted by atomic mass is 10.0. The van der Waals surface area contributed by atoms with E-state index < -0.39 is 29.0 Å². The van der Waals surface area contributed by atoms with Gasteiger partial charge >= 0.3 is 12.1 Å². The van der Waals surface area contributed by atoms with E-state index in [4.69, 9.17) is 9.47 Å². The summed E-state index contributed by atoms with van der Waals surface area (Å²) >= 11 is 0. The van der Waals surface area contributed by atoms with Gasteiger partial charge < -0.3 is 24.6 Å². The van der Waals surface area contributed by atoms with E-state index in [1.165, 1.54) is 12.0 Å². The van der Waals surface area contributed by atoms with Crippen molar-refractivity contribution in [2.45, 2.75) is 19.0 Å². The van der Waals surface area contributed by atoms with Crippen molar-refractivity contribution in [3.63, 3.8) is 0 Å². The van der Waals surface area contributed by atoms with Crippen LogP contribution in [0.15, 0.2) is 58.4 Å². The molecule has 10 nitrogen and oxygen atoms in total. The molecule has 0 saturated heterocycles. The molecule has 0 saturated carbocycles. The van der Waals surface area contributed by atoms with Crippen LogP contribution in [0, 0.1) is 0 Å². The average molecular weight is 466 g/mol. The number of aromatic nitrogens is 1. The number of esters is 1. The quantitative estimate of drug-likeness (QED) is 0.370. The van der Waals surface area contributed by atoms with Crippen LogP contribution >= 0.6 is 0 Å². The molecule has 1 atom stereocenters. The summed E-state index contributed by atoms with van der Waals surface area (Å²) in [6.07, 6.45) is 2.99. The lowest BCUT2D eigenvalue weighted by molar-refractivity contribution is -0.141. The second-order valence-electron chi connectivity index (χ2n) is 7.93. The first kappa shape index (κ1) is 24.4. The number of hydrogen-bond donors (Lipinski definition) is 1. The topological polar surface area (TPSA) is 118 Å². The molecule has 10 heteroatoms. The zero-order valence-corrected chi connectivity index (χ0v) is 19.4. The van der Waals surface area contributed by atoms with Crippen molar-refractivity contribution in [2.24, 2.45) is 0 Å². The van der Waals surface area contributed by atoms with E-state index in [0.29, 0.717) is 12.3 Å². The Morgan fingerprint density at radius 3 is 2.32 bits per heavy atom. The van der Waals surface area contributed by atoms with Gasteiger partial charge in [-0.3, -0.25) is 14.6 Å². The van der Waals surface area contributed by atoms with Gasteiger partial charge in [0, 0.05) is 46.5 Å². The molecule has 0 radical (unpaired) electrons. The fraction of sp³-hybridized carbons (Fsp3) is 0.292. The Hall–Kier alpha value is -4.21. The zero-order valence-electron chi connectivity index (χ0n) is 19.4. The highest BCUT2D eigenvalue weighted by Crippen LogP contribution is 2.23. The molecule has 0 fully saturated rings. The second-order valence-corrected chi connectivity index (χ2v) is 7.93. The standard InChI is InChI=1S/C24H26N4O6/c1-27(2)24(32)34-17-9-7-15(8-10-17)12-18(23(31)33-4)26-19-20(22(30)21(19)29)28(3)14-16-6-5-11-25-13-16/h5-11,13,18,26H,12,14H2,1-4H3/t18-/m0/s1. The highest BCUT2D eigenvalue weighted by atomic mass is 16.6. The average Bonchev–Trinajstić information content (AvgIpc) is 2.83. The van der Waals surface area contributed by atoms with E-state index in [0.717, 1.165) is 11.1 Å². The van der Waals surface area contributed by atoms with Gasteiger partial charge in [0.05, 0.1) is 7.11 Å². The highest BCUT2D eigenvalue weighted by molar-refractivity contribution is 5.84. The minimum Gasteiger partial charge on any atom is -0.467 e. The first-order chi connectivity index (χ1) is 16.2. The summed E-state index contributed by atoms with van der Waals surface area (Å²) in [4.78, 5) is 55.7. The van der Waals surface area contributed by atoms with Crippen LogP contribution in [0.1, 0.15) is 11.1 Å². The number of ether oxygens (including phenoxy) is 2. The van der Waals surface area contributed by atoms with Crippen LogP contribution < -0.4 is 25.8 Å². The summed E-state index contributed by atoms with van der Waals surface area (Å²) in [7, 11) is 6.09. The van der Waals surface area contributed by atoms with Crippen molar-refractivity contribution >= 4 is 23.4 Å². The normalized spacial score (nSPS) is 11.5. The number of amides is 1. The molecule has 0 unspecified atom stereocenters. The highest BCUT2D eigenvalue weighted by Gasteiger charge is 2.29. The molecule has 0 bridgehead atoms. The van der Waals surface area contributed by atoms with Crippen LogP contribution in [0.4, 0.5) is 16.2 Å². The van der Waals surface area contributed by atoms with Crippen LogP contribution in [-0.4, -0.2) is 56.2 Å². The van der Waals surface area contributed by atoms with Gasteiger partial charge in [-0.2, -0.15) is 0 Å². The van der Waals surface area contributed by atoms with E-state index in [2.05, 4.69) is 10.3 Å².